The number of imidazole rings is 1. The van der Waals surface area contributed by atoms with Crippen LogP contribution < -0.4 is 5.32 Å². The number of nitrogens with zero attached hydrogens (tertiary/aromatic N) is 3. The maximum absolute atomic E-state index is 13.1. The first kappa shape index (κ1) is 23.6. The van der Waals surface area contributed by atoms with E-state index in [0.29, 0.717) is 0 Å². The first-order valence-corrected chi connectivity index (χ1v) is 12.8. The Morgan fingerprint density at radius 2 is 1.80 bits per heavy atom. The molecule has 0 saturated carbocycles. The minimum absolute atomic E-state index is 0.0252. The molecule has 35 heavy (non-hydrogen) atoms. The number of likely N-dealkylation sites (tertiary alicyclic amines) is 1. The molecule has 180 valence electrons. The fourth-order valence-electron chi connectivity index (χ4n) is 4.99. The van der Waals surface area contributed by atoms with E-state index in [4.69, 9.17) is 16.6 Å². The largest absolute Gasteiger partial charge is 0.326 e. The van der Waals surface area contributed by atoms with Gasteiger partial charge < -0.3 is 9.88 Å². The van der Waals surface area contributed by atoms with Crippen molar-refractivity contribution in [1.29, 1.82) is 0 Å². The van der Waals surface area contributed by atoms with E-state index >= 15 is 0 Å². The van der Waals surface area contributed by atoms with Crippen LogP contribution in [0, 0.1) is 5.92 Å². The van der Waals surface area contributed by atoms with Gasteiger partial charge in [0.1, 0.15) is 5.82 Å². The Morgan fingerprint density at radius 3 is 2.63 bits per heavy atom. The highest BCUT2D eigenvalue weighted by Gasteiger charge is 2.27. The second-order valence-electron chi connectivity index (χ2n) is 9.30. The van der Waals surface area contributed by atoms with Crippen LogP contribution >= 0.6 is 11.6 Å². The minimum Gasteiger partial charge on any atom is -0.326 e. The third kappa shape index (κ3) is 5.42. The lowest BCUT2D eigenvalue weighted by Crippen LogP contribution is -2.40. The number of aromatic nitrogens is 2. The van der Waals surface area contributed by atoms with Gasteiger partial charge in [-0.05, 0) is 67.3 Å². The number of rotatable bonds is 7. The van der Waals surface area contributed by atoms with E-state index < -0.39 is 0 Å². The van der Waals surface area contributed by atoms with Crippen molar-refractivity contribution in [2.24, 2.45) is 5.92 Å². The molecule has 1 fully saturated rings. The van der Waals surface area contributed by atoms with Crippen molar-refractivity contribution >= 4 is 34.2 Å². The van der Waals surface area contributed by atoms with Gasteiger partial charge in [0, 0.05) is 23.8 Å². The van der Waals surface area contributed by atoms with Gasteiger partial charge in [0.15, 0.2) is 0 Å². The highest BCUT2D eigenvalue weighted by Crippen LogP contribution is 2.24. The molecule has 1 aliphatic rings. The molecular formula is C29H31ClN4O. The molecular weight excluding hydrogens is 456 g/mol. The SMILES string of the molecule is CCc1ccccc1NC(=O)[C@H]1CCCN(Cc2nc3ccccc3n2Cc2ccc(Cl)cc2)C1. The molecule has 2 heterocycles. The van der Waals surface area contributed by atoms with E-state index in [-0.39, 0.29) is 11.8 Å². The standard InChI is InChI=1S/C29H31ClN4O/c1-2-22-8-3-4-10-25(22)32-29(35)23-9-7-17-33(19-23)20-28-31-26-11-5-6-12-27(26)34(28)18-21-13-15-24(30)16-14-21/h3-6,8,10-16,23H,2,7,9,17-20H2,1H3,(H,32,35)/t23-/m0/s1. The summed E-state index contributed by atoms with van der Waals surface area (Å²) < 4.78 is 2.29. The molecule has 6 heteroatoms. The zero-order valence-corrected chi connectivity index (χ0v) is 20.8. The lowest BCUT2D eigenvalue weighted by Gasteiger charge is -2.32. The quantitative estimate of drug-likeness (QED) is 0.341. The van der Waals surface area contributed by atoms with Gasteiger partial charge in [0.2, 0.25) is 5.91 Å². The van der Waals surface area contributed by atoms with Crippen LogP contribution in [0.2, 0.25) is 5.02 Å². The summed E-state index contributed by atoms with van der Waals surface area (Å²) in [7, 11) is 0. The molecule has 0 spiro atoms. The van der Waals surface area contributed by atoms with E-state index in [1.54, 1.807) is 0 Å². The van der Waals surface area contributed by atoms with Crippen molar-refractivity contribution in [2.45, 2.75) is 39.3 Å². The van der Waals surface area contributed by atoms with Crippen LogP contribution in [0.25, 0.3) is 11.0 Å². The Balaban J connectivity index is 1.33. The predicted octanol–water partition coefficient (Wildman–Crippen LogP) is 6.15. The molecule has 4 aromatic rings. The van der Waals surface area contributed by atoms with Crippen molar-refractivity contribution < 1.29 is 4.79 Å². The summed E-state index contributed by atoms with van der Waals surface area (Å²) in [5.74, 6) is 1.12. The Kier molecular flexibility index (Phi) is 7.16. The number of hydrogen-bond acceptors (Lipinski definition) is 3. The van der Waals surface area contributed by atoms with Gasteiger partial charge in [0.25, 0.3) is 0 Å². The number of anilines is 1. The second kappa shape index (κ2) is 10.6. The molecule has 5 rings (SSSR count). The van der Waals surface area contributed by atoms with Gasteiger partial charge in [-0.2, -0.15) is 0 Å². The monoisotopic (exact) mass is 486 g/mol. The number of para-hydroxylation sites is 3. The summed E-state index contributed by atoms with van der Waals surface area (Å²) in [6, 6.07) is 24.3. The summed E-state index contributed by atoms with van der Waals surface area (Å²) in [5.41, 5.74) is 5.41. The van der Waals surface area contributed by atoms with Gasteiger partial charge in [0.05, 0.1) is 23.5 Å². The average molecular weight is 487 g/mol. The smallest absolute Gasteiger partial charge is 0.228 e. The van der Waals surface area contributed by atoms with E-state index in [0.717, 1.165) is 73.0 Å². The number of carbonyl (C=O) groups is 1. The second-order valence-corrected chi connectivity index (χ2v) is 9.74. The molecule has 1 atom stereocenters. The number of amides is 1. The molecule has 3 aromatic carbocycles. The molecule has 5 nitrogen and oxygen atoms in total. The van der Waals surface area contributed by atoms with Gasteiger partial charge in [-0.15, -0.1) is 0 Å². The van der Waals surface area contributed by atoms with E-state index in [1.165, 1.54) is 11.1 Å². The van der Waals surface area contributed by atoms with Crippen molar-refractivity contribution in [3.05, 3.63) is 94.8 Å². The van der Waals surface area contributed by atoms with E-state index in [1.807, 2.05) is 36.4 Å². The highest BCUT2D eigenvalue weighted by molar-refractivity contribution is 6.30. The number of fused-ring (bicyclic) bond motifs is 1. The van der Waals surface area contributed by atoms with Crippen LogP contribution in [0.3, 0.4) is 0 Å². The van der Waals surface area contributed by atoms with Gasteiger partial charge in [-0.3, -0.25) is 9.69 Å². The number of piperidine rings is 1. The summed E-state index contributed by atoms with van der Waals surface area (Å²) in [6.45, 7) is 5.28. The minimum atomic E-state index is -0.0252. The molecule has 1 aliphatic heterocycles. The number of carbonyl (C=O) groups excluding carboxylic acids is 1. The number of nitrogens with one attached hydrogen (secondary N) is 1. The van der Waals surface area contributed by atoms with Gasteiger partial charge in [-0.25, -0.2) is 4.98 Å². The van der Waals surface area contributed by atoms with Crippen LogP contribution in [0.5, 0.6) is 0 Å². The maximum atomic E-state index is 13.1. The third-order valence-corrected chi connectivity index (χ3v) is 7.14. The van der Waals surface area contributed by atoms with Gasteiger partial charge in [-0.1, -0.05) is 61.0 Å². The van der Waals surface area contributed by atoms with Crippen molar-refractivity contribution in [3.8, 4) is 0 Å². The van der Waals surface area contributed by atoms with E-state index in [2.05, 4.69) is 58.1 Å². The maximum Gasteiger partial charge on any atom is 0.228 e. The Labute approximate surface area is 211 Å². The zero-order chi connectivity index (χ0) is 24.2. The average Bonchev–Trinajstić information content (AvgIpc) is 3.22. The van der Waals surface area contributed by atoms with Crippen LogP contribution in [0.4, 0.5) is 5.69 Å². The fourth-order valence-corrected chi connectivity index (χ4v) is 5.12. The van der Waals surface area contributed by atoms with Crippen LogP contribution in [-0.4, -0.2) is 33.4 Å². The molecule has 1 aromatic heterocycles. The van der Waals surface area contributed by atoms with Crippen LogP contribution in [0.15, 0.2) is 72.8 Å². The van der Waals surface area contributed by atoms with Gasteiger partial charge >= 0.3 is 0 Å². The van der Waals surface area contributed by atoms with Crippen LogP contribution in [0.1, 0.15) is 36.7 Å². The molecule has 0 bridgehead atoms. The summed E-state index contributed by atoms with van der Waals surface area (Å²) in [6.07, 6.45) is 2.82. The Bertz CT molecular complexity index is 1310. The first-order valence-electron chi connectivity index (χ1n) is 12.4. The Hall–Kier alpha value is -3.15. The summed E-state index contributed by atoms with van der Waals surface area (Å²) >= 11 is 6.10. The summed E-state index contributed by atoms with van der Waals surface area (Å²) in [5, 5.41) is 3.93. The lowest BCUT2D eigenvalue weighted by atomic mass is 9.96. The molecule has 0 aliphatic carbocycles. The molecule has 1 N–H and O–H groups in total. The van der Waals surface area contributed by atoms with Crippen LogP contribution in [-0.2, 0) is 24.3 Å². The topological polar surface area (TPSA) is 50.2 Å². The number of aryl methyl sites for hydroxylation is 1. The van der Waals surface area contributed by atoms with Crippen molar-refractivity contribution in [2.75, 3.05) is 18.4 Å². The normalized spacial score (nSPS) is 16.5. The molecule has 1 saturated heterocycles. The van der Waals surface area contributed by atoms with E-state index in [9.17, 15) is 4.79 Å². The van der Waals surface area contributed by atoms with Crippen molar-refractivity contribution in [1.82, 2.24) is 14.5 Å². The zero-order valence-electron chi connectivity index (χ0n) is 20.1. The highest BCUT2D eigenvalue weighted by atomic mass is 35.5. The predicted molar refractivity (Wildman–Crippen MR) is 143 cm³/mol. The number of benzene rings is 3. The fraction of sp³-hybridized carbons (Fsp3) is 0.310. The number of hydrogen-bond donors (Lipinski definition) is 1. The lowest BCUT2D eigenvalue weighted by molar-refractivity contribution is -0.121. The third-order valence-electron chi connectivity index (χ3n) is 6.89. The van der Waals surface area contributed by atoms with Crippen molar-refractivity contribution in [3.63, 3.8) is 0 Å². The summed E-state index contributed by atoms with van der Waals surface area (Å²) in [4.78, 5) is 20.5. The first-order chi connectivity index (χ1) is 17.1. The molecule has 0 radical (unpaired) electrons. The Morgan fingerprint density at radius 1 is 1.03 bits per heavy atom. The molecule has 0 unspecified atom stereocenters. The molecule has 1 amide bonds. The number of halogens is 1.